The van der Waals surface area contributed by atoms with E-state index < -0.39 is 0 Å². The first-order valence-corrected chi connectivity index (χ1v) is 24.0. The molecule has 0 aliphatic heterocycles. The van der Waals surface area contributed by atoms with Gasteiger partial charge in [0.2, 0.25) is 0 Å². The molecule has 10 aliphatic rings. The lowest BCUT2D eigenvalue weighted by atomic mass is 9.43. The first-order chi connectivity index (χ1) is 28.6. The SMILES string of the molecule is CC1(C)CCC(C)(C)c2cc(-c3ccc(N(c4ccc(C56CC7CC(CC(C7)C5)C6)cc4)c4cccc5c4-c4ccccc4C54C5CC6CC(C5)CC4C6)cc3)ccc21. The Kier molecular flexibility index (Phi) is 7.41. The molecule has 0 N–H and O–H groups in total. The summed E-state index contributed by atoms with van der Waals surface area (Å²) in [5, 5.41) is 0. The number of fused-ring (bicyclic) bond motifs is 4. The predicted octanol–water partition coefficient (Wildman–Crippen LogP) is 15.4. The highest BCUT2D eigenvalue weighted by atomic mass is 15.1. The van der Waals surface area contributed by atoms with Gasteiger partial charge in [0, 0.05) is 22.4 Å². The Morgan fingerprint density at radius 1 is 0.458 bits per heavy atom. The van der Waals surface area contributed by atoms with Crippen molar-refractivity contribution < 1.29 is 0 Å². The fourth-order valence-corrected chi connectivity index (χ4v) is 16.8. The van der Waals surface area contributed by atoms with Gasteiger partial charge in [0.25, 0.3) is 0 Å². The van der Waals surface area contributed by atoms with Gasteiger partial charge in [0.1, 0.15) is 0 Å². The van der Waals surface area contributed by atoms with Crippen LogP contribution in [0, 0.1) is 41.4 Å². The van der Waals surface area contributed by atoms with E-state index in [2.05, 4.69) is 142 Å². The summed E-state index contributed by atoms with van der Waals surface area (Å²) in [5.74, 6) is 6.26. The lowest BCUT2D eigenvalue weighted by molar-refractivity contribution is -0.0399. The average molecular weight is 774 g/mol. The number of hydrogen-bond donors (Lipinski definition) is 0. The van der Waals surface area contributed by atoms with Gasteiger partial charge in [-0.2, -0.15) is 0 Å². The molecule has 8 saturated carbocycles. The first kappa shape index (κ1) is 35.6. The molecule has 0 unspecified atom stereocenters. The Labute approximate surface area is 354 Å². The minimum Gasteiger partial charge on any atom is -0.310 e. The Bertz CT molecular complexity index is 2430. The summed E-state index contributed by atoms with van der Waals surface area (Å²) in [7, 11) is 0. The summed E-state index contributed by atoms with van der Waals surface area (Å²) in [6, 6.07) is 44.3. The van der Waals surface area contributed by atoms with E-state index in [1.165, 1.54) is 134 Å². The van der Waals surface area contributed by atoms with Crippen LogP contribution in [-0.2, 0) is 21.7 Å². The maximum atomic E-state index is 2.65. The molecule has 8 fully saturated rings. The van der Waals surface area contributed by atoms with Crippen molar-refractivity contribution in [3.8, 4) is 22.3 Å². The molecule has 1 heteroatoms. The van der Waals surface area contributed by atoms with Crippen LogP contribution in [0.2, 0.25) is 0 Å². The normalized spacial score (nSPS) is 34.5. The van der Waals surface area contributed by atoms with Gasteiger partial charge in [-0.3, -0.25) is 0 Å². The average Bonchev–Trinajstić information content (AvgIpc) is 3.53. The third-order valence-electron chi connectivity index (χ3n) is 18.9. The van der Waals surface area contributed by atoms with Gasteiger partial charge in [-0.25, -0.2) is 0 Å². The summed E-state index contributed by atoms with van der Waals surface area (Å²) in [4.78, 5) is 2.65. The van der Waals surface area contributed by atoms with Crippen LogP contribution >= 0.6 is 0 Å². The van der Waals surface area contributed by atoms with Crippen molar-refractivity contribution >= 4 is 17.1 Å². The Hall–Kier alpha value is -4.10. The molecule has 5 aromatic rings. The van der Waals surface area contributed by atoms with Crippen LogP contribution in [0.5, 0.6) is 0 Å². The fraction of sp³-hybridized carbons (Fsp3) is 0.483. The maximum Gasteiger partial charge on any atom is 0.0543 e. The first-order valence-electron chi connectivity index (χ1n) is 24.0. The summed E-state index contributed by atoms with van der Waals surface area (Å²) >= 11 is 0. The summed E-state index contributed by atoms with van der Waals surface area (Å²) in [5.41, 5.74) is 18.5. The standard InChI is InChI=1S/C58H63N/c1-55(2)22-23-56(3,4)52-32-42(14-21-50(52)55)41-12-17-46(18-13-41)59(47-19-15-43(16-20-47)57-33-38-25-39(34-57)27-40(26-38)35-57)53-11-7-10-51-54(53)48-8-5-6-9-49(48)58(51)44-28-36-24-37(30-44)31-45(58)29-36/h5-21,32,36-40,44-45H,22-31,33-35H2,1-4H3. The van der Waals surface area contributed by atoms with Gasteiger partial charge in [-0.15, -0.1) is 0 Å². The van der Waals surface area contributed by atoms with E-state index in [0.717, 1.165) is 41.4 Å². The van der Waals surface area contributed by atoms with Crippen LogP contribution in [0.4, 0.5) is 17.1 Å². The lowest BCUT2D eigenvalue weighted by Gasteiger charge is -2.61. The minimum absolute atomic E-state index is 0.155. The molecule has 1 nitrogen and oxygen atoms in total. The summed E-state index contributed by atoms with van der Waals surface area (Å²) in [6.07, 6.45) is 18.4. The Morgan fingerprint density at radius 3 is 1.64 bits per heavy atom. The quantitative estimate of drug-likeness (QED) is 0.172. The van der Waals surface area contributed by atoms with Crippen molar-refractivity contribution in [2.75, 3.05) is 4.90 Å². The number of rotatable bonds is 5. The van der Waals surface area contributed by atoms with Gasteiger partial charge in [0.05, 0.1) is 5.69 Å². The Morgan fingerprint density at radius 2 is 1.00 bits per heavy atom. The fourth-order valence-electron chi connectivity index (χ4n) is 16.8. The monoisotopic (exact) mass is 773 g/mol. The van der Waals surface area contributed by atoms with Crippen molar-refractivity contribution in [3.63, 3.8) is 0 Å². The zero-order chi connectivity index (χ0) is 39.5. The molecular weight excluding hydrogens is 711 g/mol. The zero-order valence-electron chi connectivity index (χ0n) is 36.1. The van der Waals surface area contributed by atoms with E-state index in [9.17, 15) is 0 Å². The molecule has 59 heavy (non-hydrogen) atoms. The lowest BCUT2D eigenvalue weighted by Crippen LogP contribution is -2.55. The zero-order valence-corrected chi connectivity index (χ0v) is 36.1. The maximum absolute atomic E-state index is 2.65. The third-order valence-corrected chi connectivity index (χ3v) is 18.9. The molecule has 0 aromatic heterocycles. The van der Waals surface area contributed by atoms with Crippen molar-refractivity contribution in [1.29, 1.82) is 0 Å². The van der Waals surface area contributed by atoms with E-state index in [4.69, 9.17) is 0 Å². The topological polar surface area (TPSA) is 3.24 Å². The molecule has 0 radical (unpaired) electrons. The van der Waals surface area contributed by atoms with Gasteiger partial charge in [-0.05, 0) is 216 Å². The summed E-state index contributed by atoms with van der Waals surface area (Å²) in [6.45, 7) is 9.76. The second-order valence-electron chi connectivity index (χ2n) is 23.1. The molecule has 5 aromatic carbocycles. The minimum atomic E-state index is 0.155. The van der Waals surface area contributed by atoms with Crippen LogP contribution in [0.15, 0.2) is 109 Å². The van der Waals surface area contributed by atoms with Crippen LogP contribution in [-0.4, -0.2) is 0 Å². The van der Waals surface area contributed by atoms with E-state index in [-0.39, 0.29) is 16.2 Å². The molecule has 10 aliphatic carbocycles. The van der Waals surface area contributed by atoms with Gasteiger partial charge < -0.3 is 4.90 Å². The number of benzene rings is 5. The van der Waals surface area contributed by atoms with E-state index in [1.54, 1.807) is 16.7 Å². The van der Waals surface area contributed by atoms with Crippen molar-refractivity contribution in [2.45, 2.75) is 133 Å². The molecular formula is C58H63N. The van der Waals surface area contributed by atoms with Gasteiger partial charge >= 0.3 is 0 Å². The number of nitrogens with zero attached hydrogens (tertiary/aromatic N) is 1. The van der Waals surface area contributed by atoms with Crippen LogP contribution in [0.1, 0.15) is 139 Å². The smallest absolute Gasteiger partial charge is 0.0543 e. The van der Waals surface area contributed by atoms with Crippen molar-refractivity contribution in [1.82, 2.24) is 0 Å². The molecule has 8 bridgehead atoms. The van der Waals surface area contributed by atoms with Crippen molar-refractivity contribution in [2.24, 2.45) is 41.4 Å². The molecule has 0 atom stereocenters. The largest absolute Gasteiger partial charge is 0.310 e. The third kappa shape index (κ3) is 5.03. The van der Waals surface area contributed by atoms with Gasteiger partial charge in [-0.1, -0.05) is 107 Å². The van der Waals surface area contributed by atoms with Crippen molar-refractivity contribution in [3.05, 3.63) is 137 Å². The number of hydrogen-bond acceptors (Lipinski definition) is 1. The van der Waals surface area contributed by atoms with Crippen LogP contribution < -0.4 is 4.90 Å². The second-order valence-corrected chi connectivity index (χ2v) is 23.1. The highest BCUT2D eigenvalue weighted by Crippen LogP contribution is 2.70. The summed E-state index contributed by atoms with van der Waals surface area (Å²) < 4.78 is 0. The molecule has 0 heterocycles. The predicted molar refractivity (Wildman–Crippen MR) is 245 cm³/mol. The van der Waals surface area contributed by atoms with E-state index in [0.29, 0.717) is 5.41 Å². The number of anilines is 3. The molecule has 0 amide bonds. The van der Waals surface area contributed by atoms with Gasteiger partial charge in [0.15, 0.2) is 0 Å². The molecule has 0 saturated heterocycles. The highest BCUT2D eigenvalue weighted by molar-refractivity contribution is 5.95. The highest BCUT2D eigenvalue weighted by Gasteiger charge is 2.62. The van der Waals surface area contributed by atoms with Crippen LogP contribution in [0.3, 0.4) is 0 Å². The molecule has 1 spiro atoms. The second kappa shape index (κ2) is 12.3. The van der Waals surface area contributed by atoms with Crippen LogP contribution in [0.25, 0.3) is 22.3 Å². The molecule has 300 valence electrons. The molecule has 15 rings (SSSR count). The van der Waals surface area contributed by atoms with E-state index >= 15 is 0 Å². The van der Waals surface area contributed by atoms with E-state index in [1.807, 2.05) is 0 Å². The Balaban J connectivity index is 0.951.